The van der Waals surface area contributed by atoms with Crippen LogP contribution in [0.5, 0.6) is 0 Å². The third-order valence-corrected chi connectivity index (χ3v) is 8.66. The lowest BCUT2D eigenvalue weighted by Crippen LogP contribution is -2.61. The number of alkyl carbamates (subject to hydrolysis) is 1. The third-order valence-electron chi connectivity index (χ3n) is 7.48. The highest BCUT2D eigenvalue weighted by Crippen LogP contribution is 2.34. The molecule has 2 unspecified atom stereocenters. The zero-order valence-corrected chi connectivity index (χ0v) is 24.4. The Bertz CT molecular complexity index is 1170. The van der Waals surface area contributed by atoms with Crippen LogP contribution in [0.1, 0.15) is 63.0 Å². The van der Waals surface area contributed by atoms with E-state index in [0.717, 1.165) is 11.1 Å². The van der Waals surface area contributed by atoms with E-state index < -0.39 is 42.8 Å². The number of halogens is 1. The molecule has 1 aliphatic rings. The van der Waals surface area contributed by atoms with Crippen molar-refractivity contribution < 1.29 is 42.2 Å². The first kappa shape index (κ1) is 32.3. The number of hydrogen-bond donors (Lipinski definition) is 2. The Morgan fingerprint density at radius 2 is 1.78 bits per heavy atom. The zero-order chi connectivity index (χ0) is 29.7. The van der Waals surface area contributed by atoms with Crippen LogP contribution in [0.2, 0.25) is 0 Å². The number of quaternary nitrogens is 1. The van der Waals surface area contributed by atoms with E-state index in [2.05, 4.69) is 5.32 Å². The van der Waals surface area contributed by atoms with Crippen molar-refractivity contribution in [2.75, 3.05) is 19.3 Å². The van der Waals surface area contributed by atoms with E-state index in [9.17, 15) is 28.4 Å². The van der Waals surface area contributed by atoms with Gasteiger partial charge in [-0.1, -0.05) is 42.5 Å². The number of hydrogen-bond acceptors (Lipinski definition) is 6. The molecule has 4 atom stereocenters. The fourth-order valence-corrected chi connectivity index (χ4v) is 6.16. The lowest BCUT2D eigenvalue weighted by molar-refractivity contribution is -0.794. The van der Waals surface area contributed by atoms with Crippen molar-refractivity contribution in [1.29, 1.82) is 0 Å². The molecule has 11 heteroatoms. The van der Waals surface area contributed by atoms with E-state index in [0.29, 0.717) is 51.5 Å². The summed E-state index contributed by atoms with van der Waals surface area (Å²) in [5.41, 5.74) is 1.85. The highest BCUT2D eigenvalue weighted by molar-refractivity contribution is 7.39. The number of likely N-dealkylation sites (tertiary alicyclic amines) is 1. The maximum atomic E-state index is 13.6. The maximum Gasteiger partial charge on any atom is 0.521 e. The van der Waals surface area contributed by atoms with Gasteiger partial charge in [0.1, 0.15) is 18.5 Å². The Kier molecular flexibility index (Phi) is 12.8. The van der Waals surface area contributed by atoms with Gasteiger partial charge in [-0.25, -0.2) is 14.0 Å². The molecule has 0 bridgehead atoms. The van der Waals surface area contributed by atoms with Crippen molar-refractivity contribution in [3.63, 3.8) is 0 Å². The fraction of sp³-hybridized carbons (Fsp3) is 0.500. The first-order valence-corrected chi connectivity index (χ1v) is 15.5. The summed E-state index contributed by atoms with van der Waals surface area (Å²) in [5.74, 6) is -0.874. The van der Waals surface area contributed by atoms with Crippen LogP contribution < -0.4 is 5.32 Å². The molecule has 0 aliphatic carbocycles. The molecule has 3 amide bonds. The van der Waals surface area contributed by atoms with E-state index in [-0.39, 0.29) is 31.6 Å². The summed E-state index contributed by atoms with van der Waals surface area (Å²) in [6, 6.07) is 15.1. The minimum atomic E-state index is -2.19. The molecule has 2 aromatic rings. The molecule has 41 heavy (non-hydrogen) atoms. The van der Waals surface area contributed by atoms with Crippen molar-refractivity contribution in [1.82, 2.24) is 5.32 Å². The van der Waals surface area contributed by atoms with Crippen LogP contribution in [0, 0.1) is 5.82 Å². The maximum absolute atomic E-state index is 13.6. The number of amides is 3. The van der Waals surface area contributed by atoms with Crippen molar-refractivity contribution in [2.45, 2.75) is 77.0 Å². The molecule has 0 radical (unpaired) electrons. The Morgan fingerprint density at radius 1 is 1.05 bits per heavy atom. The number of benzene rings is 2. The van der Waals surface area contributed by atoms with Gasteiger partial charge in [0.2, 0.25) is 6.10 Å². The number of imide groups is 1. The molecule has 1 fully saturated rings. The second kappa shape index (κ2) is 16.3. The van der Waals surface area contributed by atoms with Crippen LogP contribution in [-0.4, -0.2) is 59.1 Å². The molecule has 222 valence electrons. The number of aryl methyl sites for hydroxylation is 1. The second-order valence-electron chi connectivity index (χ2n) is 10.4. The molecule has 9 nitrogen and oxygen atoms in total. The lowest BCUT2D eigenvalue weighted by atomic mass is 10.1. The molecular weight excluding hydrogens is 550 g/mol. The fourth-order valence-electron chi connectivity index (χ4n) is 5.10. The van der Waals surface area contributed by atoms with E-state index >= 15 is 0 Å². The first-order chi connectivity index (χ1) is 19.7. The zero-order valence-electron chi connectivity index (χ0n) is 23.5. The Hall–Kier alpha value is -3.20. The Balaban J connectivity index is 1.49. The molecule has 2 aromatic carbocycles. The van der Waals surface area contributed by atoms with Gasteiger partial charge in [0.15, 0.2) is 6.16 Å². The van der Waals surface area contributed by atoms with Gasteiger partial charge in [0, 0.05) is 19.4 Å². The highest BCUT2D eigenvalue weighted by atomic mass is 31.1. The first-order valence-electron chi connectivity index (χ1n) is 14.2. The van der Waals surface area contributed by atoms with E-state index in [4.69, 9.17) is 9.26 Å². The van der Waals surface area contributed by atoms with Crippen molar-refractivity contribution in [3.05, 3.63) is 71.5 Å². The quantitative estimate of drug-likeness (QED) is 0.137. The summed E-state index contributed by atoms with van der Waals surface area (Å²) in [6.07, 6.45) is 1.70. The largest absolute Gasteiger partial charge is 0.521 e. The van der Waals surface area contributed by atoms with Crippen LogP contribution in [-0.2, 0) is 31.6 Å². The van der Waals surface area contributed by atoms with Gasteiger partial charge in [-0.15, -0.1) is 4.52 Å². The average Bonchev–Trinajstić information content (AvgIpc) is 3.36. The van der Waals surface area contributed by atoms with Crippen LogP contribution in [0.15, 0.2) is 54.6 Å². The van der Waals surface area contributed by atoms with Crippen molar-refractivity contribution in [2.24, 2.45) is 0 Å². The number of carbonyl (C=O) groups excluding carboxylic acids is 2. The normalized spacial score (nSPS) is 19.4. The van der Waals surface area contributed by atoms with Crippen LogP contribution in [0.3, 0.4) is 0 Å². The van der Waals surface area contributed by atoms with Crippen molar-refractivity contribution in [3.8, 4) is 0 Å². The predicted molar refractivity (Wildman–Crippen MR) is 152 cm³/mol. The van der Waals surface area contributed by atoms with Crippen LogP contribution in [0.4, 0.5) is 14.0 Å². The number of nitrogens with zero attached hydrogens (tertiary/aromatic N) is 1. The van der Waals surface area contributed by atoms with Crippen LogP contribution >= 0.6 is 8.03 Å². The predicted octanol–water partition coefficient (Wildman–Crippen LogP) is 6.58. The Labute approximate surface area is 241 Å². The number of ether oxygens (including phenoxy) is 1. The molecule has 2 N–H and O–H groups in total. The minimum absolute atomic E-state index is 0.154. The number of unbranched alkanes of at least 4 members (excludes halogenated alkanes) is 2. The van der Waals surface area contributed by atoms with Gasteiger partial charge in [-0.2, -0.15) is 9.28 Å². The summed E-state index contributed by atoms with van der Waals surface area (Å²) in [7, 11) is -2.19. The molecule has 0 spiro atoms. The summed E-state index contributed by atoms with van der Waals surface area (Å²) in [6.45, 7) is 2.38. The molecule has 1 saturated heterocycles. The number of carbonyl (C=O) groups is 3. The topological polar surface area (TPSA) is 119 Å². The molecule has 3 rings (SSSR count). The molecular formula is C30H40FN2O7P+2. The minimum Gasteiger partial charge on any atom is -0.445 e. The van der Waals surface area contributed by atoms with Gasteiger partial charge in [0.05, 0.1) is 6.54 Å². The van der Waals surface area contributed by atoms with E-state index in [1.54, 1.807) is 19.1 Å². The summed E-state index contributed by atoms with van der Waals surface area (Å²) < 4.78 is 36.2. The monoisotopic (exact) mass is 590 g/mol. The SMILES string of the molecule is C[C@@H]1CCC[N+]1(C(=O)O)C(=O)[C@H](CCCCNC(=O)OCc1ccccc1)O[P+](=O)CCCCc1ccc(F)cc1. The lowest BCUT2D eigenvalue weighted by Gasteiger charge is -2.31. The average molecular weight is 591 g/mol. The van der Waals surface area contributed by atoms with Gasteiger partial charge in [-0.05, 0) is 73.3 Å². The highest BCUT2D eigenvalue weighted by Gasteiger charge is 2.56. The van der Waals surface area contributed by atoms with E-state index in [1.165, 1.54) is 12.1 Å². The third kappa shape index (κ3) is 9.69. The summed E-state index contributed by atoms with van der Waals surface area (Å²) in [4.78, 5) is 37.9. The smallest absolute Gasteiger partial charge is 0.445 e. The Morgan fingerprint density at radius 3 is 2.44 bits per heavy atom. The van der Waals surface area contributed by atoms with Crippen LogP contribution in [0.25, 0.3) is 0 Å². The number of carboxylic acid groups (broad SMARTS) is 1. The molecule has 1 aliphatic heterocycles. The molecule has 0 saturated carbocycles. The number of nitrogens with one attached hydrogen (secondary N) is 1. The van der Waals surface area contributed by atoms with Gasteiger partial charge < -0.3 is 15.2 Å². The standard InChI is InChI=1S/C30H38FN2O7P/c1-23-10-9-20-33(23,30(36)37)28(34)27(40-41(38)21-8-6-11-24-15-17-26(31)18-16-24)14-5-7-19-32-29(35)39-22-25-12-3-2-4-13-25/h2-4,12-13,15-18,23,27H,5-11,14,19-22H2,1H3/p+2/t23-,27+,33?/m1/s1. The second-order valence-corrected chi connectivity index (χ2v) is 11.7. The van der Waals surface area contributed by atoms with Gasteiger partial charge in [-0.3, -0.25) is 0 Å². The van der Waals surface area contributed by atoms with Gasteiger partial charge >= 0.3 is 26.1 Å². The summed E-state index contributed by atoms with van der Waals surface area (Å²) in [5, 5.41) is 12.7. The molecule has 1 heterocycles. The van der Waals surface area contributed by atoms with Gasteiger partial charge in [0.25, 0.3) is 0 Å². The van der Waals surface area contributed by atoms with E-state index in [1.807, 2.05) is 30.3 Å². The van der Waals surface area contributed by atoms with Crippen molar-refractivity contribution >= 4 is 26.1 Å². The summed E-state index contributed by atoms with van der Waals surface area (Å²) >= 11 is 0. The molecule has 0 aromatic heterocycles. The number of rotatable bonds is 15.